The zero-order valence-electron chi connectivity index (χ0n) is 22.7. The van der Waals surface area contributed by atoms with Gasteiger partial charge in [0.1, 0.15) is 5.82 Å². The number of aryl methyl sites for hydroxylation is 3. The molecule has 0 fully saturated rings. The minimum Gasteiger partial charge on any atom is -0.338 e. The molecule has 3 rings (SSSR count). The summed E-state index contributed by atoms with van der Waals surface area (Å²) in [6.07, 6.45) is 5.75. The molecule has 0 spiro atoms. The Bertz CT molecular complexity index is 940. The smallest absolute Gasteiger partial charge is 0.111 e. The number of rotatable bonds is 3. The van der Waals surface area contributed by atoms with Crippen molar-refractivity contribution in [3.05, 3.63) is 64.0 Å². The summed E-state index contributed by atoms with van der Waals surface area (Å²) < 4.78 is 4.18. The van der Waals surface area contributed by atoms with Crippen molar-refractivity contribution in [2.45, 2.75) is 93.9 Å². The van der Waals surface area contributed by atoms with Crippen molar-refractivity contribution >= 4 is 0 Å². The predicted molar refractivity (Wildman–Crippen MR) is 137 cm³/mol. The first-order valence-electron chi connectivity index (χ1n) is 11.7. The summed E-state index contributed by atoms with van der Waals surface area (Å²) in [5, 5.41) is 0. The Kier molecular flexibility index (Phi) is 10.3. The van der Waals surface area contributed by atoms with E-state index >= 15 is 0 Å². The highest BCUT2D eigenvalue weighted by Crippen LogP contribution is 2.20. The van der Waals surface area contributed by atoms with Gasteiger partial charge in [-0.05, 0) is 63.1 Å². The van der Waals surface area contributed by atoms with Gasteiger partial charge in [0.25, 0.3) is 0 Å². The molecular formula is C27H45N5. The van der Waals surface area contributed by atoms with Gasteiger partial charge >= 0.3 is 0 Å². The highest BCUT2D eigenvalue weighted by Gasteiger charge is 2.08. The van der Waals surface area contributed by atoms with Gasteiger partial charge in [-0.15, -0.1) is 0 Å². The van der Waals surface area contributed by atoms with Crippen molar-refractivity contribution in [2.24, 2.45) is 14.1 Å². The van der Waals surface area contributed by atoms with Gasteiger partial charge in [-0.3, -0.25) is 4.98 Å². The Morgan fingerprint density at radius 2 is 1.22 bits per heavy atom. The largest absolute Gasteiger partial charge is 0.338 e. The molecule has 0 aliphatic carbocycles. The van der Waals surface area contributed by atoms with Crippen LogP contribution in [-0.4, -0.2) is 24.1 Å². The monoisotopic (exact) mass is 439 g/mol. The SMILES string of the molecule is Cc1c(C(C)C)ncn1C.Cc1cnc(C(C)C)c(C)c1C.Cc1cnc(C(C)C)n1C. The van der Waals surface area contributed by atoms with Crippen LogP contribution in [0.3, 0.4) is 0 Å². The fraction of sp³-hybridized carbons (Fsp3) is 0.593. The summed E-state index contributed by atoms with van der Waals surface area (Å²) in [7, 11) is 4.08. The van der Waals surface area contributed by atoms with Gasteiger partial charge in [0.2, 0.25) is 0 Å². The number of imidazole rings is 2. The molecule has 3 aromatic heterocycles. The Morgan fingerprint density at radius 3 is 1.53 bits per heavy atom. The molecule has 0 aromatic carbocycles. The number of hydrogen-bond acceptors (Lipinski definition) is 3. The number of aromatic nitrogens is 5. The van der Waals surface area contributed by atoms with E-state index in [0.717, 1.165) is 5.82 Å². The molecule has 32 heavy (non-hydrogen) atoms. The van der Waals surface area contributed by atoms with E-state index in [4.69, 9.17) is 0 Å². The molecule has 3 aromatic rings. The first-order valence-corrected chi connectivity index (χ1v) is 11.7. The minimum atomic E-state index is 0.527. The molecule has 5 nitrogen and oxygen atoms in total. The second-order valence-electron chi connectivity index (χ2n) is 9.68. The van der Waals surface area contributed by atoms with Crippen LogP contribution < -0.4 is 0 Å². The van der Waals surface area contributed by atoms with E-state index in [2.05, 4.69) is 107 Å². The molecule has 0 unspecified atom stereocenters. The lowest BCUT2D eigenvalue weighted by Gasteiger charge is -2.12. The van der Waals surface area contributed by atoms with Gasteiger partial charge < -0.3 is 9.13 Å². The molecule has 5 heteroatoms. The summed E-state index contributed by atoms with van der Waals surface area (Å²) in [5.41, 5.74) is 8.97. The standard InChI is InChI=1S/C11H17N.2C8H14N2/c1-7(2)11-10(5)9(4)8(3)6-12-11;1-6(2)8-7(3)10(4)5-9-8;1-6(2)8-9-5-7(3)10(8)4/h6-7H,1-5H3;2*5-6H,1-4H3. The van der Waals surface area contributed by atoms with Crippen molar-refractivity contribution in [2.75, 3.05) is 0 Å². The van der Waals surface area contributed by atoms with Crippen LogP contribution in [0.4, 0.5) is 0 Å². The van der Waals surface area contributed by atoms with Crippen LogP contribution in [0.2, 0.25) is 0 Å². The van der Waals surface area contributed by atoms with E-state index in [0.29, 0.717) is 17.8 Å². The van der Waals surface area contributed by atoms with Gasteiger partial charge in [-0.1, -0.05) is 41.5 Å². The second kappa shape index (κ2) is 12.0. The van der Waals surface area contributed by atoms with Crippen molar-refractivity contribution in [1.82, 2.24) is 24.1 Å². The molecule has 0 N–H and O–H groups in total. The lowest BCUT2D eigenvalue weighted by Crippen LogP contribution is -2.00. The molecule has 0 bridgehead atoms. The van der Waals surface area contributed by atoms with Crippen molar-refractivity contribution in [3.63, 3.8) is 0 Å². The molecule has 0 radical (unpaired) electrons. The topological polar surface area (TPSA) is 48.5 Å². The van der Waals surface area contributed by atoms with Crippen LogP contribution in [0.5, 0.6) is 0 Å². The molecule has 3 heterocycles. The summed E-state index contributed by atoms with van der Waals surface area (Å²) in [6.45, 7) is 23.6. The molecule has 0 atom stereocenters. The second-order valence-corrected chi connectivity index (χ2v) is 9.68. The fourth-order valence-electron chi connectivity index (χ4n) is 3.56. The van der Waals surface area contributed by atoms with E-state index in [-0.39, 0.29) is 0 Å². The third-order valence-electron chi connectivity index (χ3n) is 6.07. The first kappa shape index (κ1) is 27.6. The Labute approximate surface area is 196 Å². The quantitative estimate of drug-likeness (QED) is 0.449. The average Bonchev–Trinajstić information content (AvgIpc) is 3.22. The summed E-state index contributed by atoms with van der Waals surface area (Å²) in [6, 6.07) is 0. The molecule has 178 valence electrons. The maximum absolute atomic E-state index is 4.44. The summed E-state index contributed by atoms with van der Waals surface area (Å²) in [4.78, 5) is 13.0. The van der Waals surface area contributed by atoms with Gasteiger partial charge in [0.05, 0.1) is 12.0 Å². The summed E-state index contributed by atoms with van der Waals surface area (Å²) in [5.74, 6) is 2.77. The van der Waals surface area contributed by atoms with Crippen LogP contribution >= 0.6 is 0 Å². The predicted octanol–water partition coefficient (Wildman–Crippen LogP) is 6.83. The molecule has 0 aliphatic heterocycles. The average molecular weight is 440 g/mol. The normalized spacial score (nSPS) is 10.9. The van der Waals surface area contributed by atoms with Crippen LogP contribution in [0.25, 0.3) is 0 Å². The van der Waals surface area contributed by atoms with Crippen molar-refractivity contribution < 1.29 is 0 Å². The Balaban J connectivity index is 0.000000241. The van der Waals surface area contributed by atoms with E-state index in [1.807, 2.05) is 25.8 Å². The van der Waals surface area contributed by atoms with Crippen LogP contribution in [0.15, 0.2) is 18.7 Å². The maximum atomic E-state index is 4.44. The highest BCUT2D eigenvalue weighted by atomic mass is 15.1. The van der Waals surface area contributed by atoms with E-state index in [9.17, 15) is 0 Å². The molecule has 0 aliphatic rings. The van der Waals surface area contributed by atoms with Gasteiger partial charge in [0, 0.05) is 49.5 Å². The minimum absolute atomic E-state index is 0.527. The van der Waals surface area contributed by atoms with Crippen molar-refractivity contribution in [3.8, 4) is 0 Å². The Morgan fingerprint density at radius 1 is 0.656 bits per heavy atom. The summed E-state index contributed by atoms with van der Waals surface area (Å²) >= 11 is 0. The number of nitrogens with zero attached hydrogens (tertiary/aromatic N) is 5. The van der Waals surface area contributed by atoms with Crippen LogP contribution in [-0.2, 0) is 14.1 Å². The maximum Gasteiger partial charge on any atom is 0.111 e. The third kappa shape index (κ3) is 7.04. The Hall–Kier alpha value is -2.43. The number of pyridine rings is 1. The first-order chi connectivity index (χ1) is 14.8. The molecular weight excluding hydrogens is 394 g/mol. The molecule has 0 saturated carbocycles. The van der Waals surface area contributed by atoms with E-state index in [1.165, 1.54) is 39.5 Å². The third-order valence-corrected chi connectivity index (χ3v) is 6.07. The molecule has 0 saturated heterocycles. The zero-order chi connectivity index (χ0) is 24.7. The lowest BCUT2D eigenvalue weighted by atomic mass is 9.99. The van der Waals surface area contributed by atoms with E-state index in [1.54, 1.807) is 0 Å². The number of hydrogen-bond donors (Lipinski definition) is 0. The van der Waals surface area contributed by atoms with Crippen LogP contribution in [0, 0.1) is 34.6 Å². The van der Waals surface area contributed by atoms with Gasteiger partial charge in [-0.2, -0.15) is 0 Å². The molecule has 0 amide bonds. The van der Waals surface area contributed by atoms with Crippen LogP contribution in [0.1, 0.15) is 105 Å². The van der Waals surface area contributed by atoms with E-state index < -0.39 is 0 Å². The van der Waals surface area contributed by atoms with Gasteiger partial charge in [0.15, 0.2) is 0 Å². The zero-order valence-corrected chi connectivity index (χ0v) is 22.7. The highest BCUT2D eigenvalue weighted by molar-refractivity contribution is 5.34. The fourth-order valence-corrected chi connectivity index (χ4v) is 3.56. The lowest BCUT2D eigenvalue weighted by molar-refractivity contribution is 0.700. The van der Waals surface area contributed by atoms with Gasteiger partial charge in [-0.25, -0.2) is 9.97 Å². The van der Waals surface area contributed by atoms with Crippen molar-refractivity contribution in [1.29, 1.82) is 0 Å².